The van der Waals surface area contributed by atoms with E-state index in [1.165, 1.54) is 11.0 Å². The van der Waals surface area contributed by atoms with Gasteiger partial charge in [-0.05, 0) is 5.41 Å². The molecule has 1 aliphatic rings. The largest absolute Gasteiger partial charge is 0.348 e. The van der Waals surface area contributed by atoms with Gasteiger partial charge in [0.25, 0.3) is 0 Å². The van der Waals surface area contributed by atoms with Gasteiger partial charge in [0.1, 0.15) is 5.25 Å². The van der Waals surface area contributed by atoms with Crippen molar-refractivity contribution in [2.75, 3.05) is 14.1 Å². The lowest BCUT2D eigenvalue weighted by Gasteiger charge is -2.46. The highest BCUT2D eigenvalue weighted by molar-refractivity contribution is 7.90. The molecule has 2 N–H and O–H groups in total. The van der Waals surface area contributed by atoms with Crippen LogP contribution in [0.3, 0.4) is 0 Å². The lowest BCUT2D eigenvalue weighted by Crippen LogP contribution is -2.58. The van der Waals surface area contributed by atoms with Crippen LogP contribution in [-0.2, 0) is 14.8 Å². The van der Waals surface area contributed by atoms with E-state index in [0.717, 1.165) is 0 Å². The number of rotatable bonds is 2. The summed E-state index contributed by atoms with van der Waals surface area (Å²) in [5, 5.41) is 4.28. The molecule has 0 spiro atoms. The van der Waals surface area contributed by atoms with Gasteiger partial charge in [0.05, 0.1) is 5.41 Å². The van der Waals surface area contributed by atoms with Crippen LogP contribution in [0.25, 0.3) is 0 Å². The fourth-order valence-electron chi connectivity index (χ4n) is 2.55. The highest BCUT2D eigenvalue weighted by atomic mass is 32.2. The van der Waals surface area contributed by atoms with Crippen molar-refractivity contribution in [1.29, 1.82) is 0 Å². The molecule has 0 saturated carbocycles. The number of amides is 1. The van der Waals surface area contributed by atoms with Crippen molar-refractivity contribution >= 4 is 15.9 Å². The maximum atomic E-state index is 12.6. The van der Waals surface area contributed by atoms with Gasteiger partial charge in [0.2, 0.25) is 15.9 Å². The molecule has 6 heteroatoms. The normalized spacial score (nSPS) is 27.4. The minimum Gasteiger partial charge on any atom is -0.348 e. The standard InChI is InChI=1S/C13H22N2O3S/c1-12(2,3)13(11(16)15(4)5)9-7-6-8-10(13)19(14,17)18/h6-10H,1-5H3,(H2,14,17,18). The number of primary sulfonamides is 1. The number of nitrogens with zero attached hydrogens (tertiary/aromatic N) is 1. The second-order valence-electron chi connectivity index (χ2n) is 6.07. The Morgan fingerprint density at radius 1 is 1.26 bits per heavy atom. The van der Waals surface area contributed by atoms with E-state index < -0.39 is 26.1 Å². The first-order valence-corrected chi connectivity index (χ1v) is 7.65. The maximum Gasteiger partial charge on any atom is 0.234 e. The van der Waals surface area contributed by atoms with E-state index in [4.69, 9.17) is 5.14 Å². The van der Waals surface area contributed by atoms with E-state index in [1.54, 1.807) is 32.3 Å². The Bertz CT molecular complexity index is 527. The van der Waals surface area contributed by atoms with Crippen LogP contribution in [-0.4, -0.2) is 38.6 Å². The smallest absolute Gasteiger partial charge is 0.234 e. The van der Waals surface area contributed by atoms with Gasteiger partial charge in [-0.1, -0.05) is 45.1 Å². The third-order valence-corrected chi connectivity index (χ3v) is 4.80. The molecule has 19 heavy (non-hydrogen) atoms. The SMILES string of the molecule is CN(C)C(=O)C1(C(C)(C)C)C=CC=CC1S(N)(=O)=O. The monoisotopic (exact) mass is 286 g/mol. The first-order chi connectivity index (χ1) is 8.44. The minimum absolute atomic E-state index is 0.264. The Balaban J connectivity index is 3.60. The van der Waals surface area contributed by atoms with Gasteiger partial charge in [0.15, 0.2) is 0 Å². The molecule has 2 unspecified atom stereocenters. The molecular formula is C13H22N2O3S. The molecule has 0 fully saturated rings. The number of hydrogen-bond donors (Lipinski definition) is 1. The molecule has 1 amide bonds. The molecule has 0 aromatic rings. The van der Waals surface area contributed by atoms with E-state index in [2.05, 4.69) is 0 Å². The summed E-state index contributed by atoms with van der Waals surface area (Å²) in [7, 11) is -0.654. The van der Waals surface area contributed by atoms with Crippen molar-refractivity contribution in [2.45, 2.75) is 26.0 Å². The summed E-state index contributed by atoms with van der Waals surface area (Å²) < 4.78 is 23.8. The number of sulfonamides is 1. The number of carbonyl (C=O) groups is 1. The van der Waals surface area contributed by atoms with Gasteiger partial charge in [-0.3, -0.25) is 4.79 Å². The molecule has 0 aliphatic heterocycles. The Morgan fingerprint density at radius 3 is 2.16 bits per heavy atom. The number of nitrogens with two attached hydrogens (primary N) is 1. The van der Waals surface area contributed by atoms with Crippen LogP contribution in [0.5, 0.6) is 0 Å². The first-order valence-electron chi connectivity index (χ1n) is 6.04. The summed E-state index contributed by atoms with van der Waals surface area (Å²) >= 11 is 0. The summed E-state index contributed by atoms with van der Waals surface area (Å²) in [4.78, 5) is 14.1. The second kappa shape index (κ2) is 4.76. The summed E-state index contributed by atoms with van der Waals surface area (Å²) in [6.07, 6.45) is 6.46. The Hall–Kier alpha value is -1.14. The van der Waals surface area contributed by atoms with Crippen molar-refractivity contribution < 1.29 is 13.2 Å². The summed E-state index contributed by atoms with van der Waals surface area (Å²) in [5.74, 6) is -0.264. The minimum atomic E-state index is -3.88. The van der Waals surface area contributed by atoms with Gasteiger partial charge in [0, 0.05) is 14.1 Å². The van der Waals surface area contributed by atoms with Crippen LogP contribution in [0.4, 0.5) is 0 Å². The second-order valence-corrected chi connectivity index (χ2v) is 7.76. The summed E-state index contributed by atoms with van der Waals surface area (Å²) in [5.41, 5.74) is -1.79. The molecule has 108 valence electrons. The average Bonchev–Trinajstić information content (AvgIpc) is 2.25. The summed E-state index contributed by atoms with van der Waals surface area (Å²) in [6, 6.07) is 0. The Kier molecular flexibility index (Phi) is 3.98. The molecule has 1 aliphatic carbocycles. The average molecular weight is 286 g/mol. The third-order valence-electron chi connectivity index (χ3n) is 3.56. The number of hydrogen-bond acceptors (Lipinski definition) is 3. The number of carbonyl (C=O) groups excluding carboxylic acids is 1. The highest BCUT2D eigenvalue weighted by Crippen LogP contribution is 2.48. The van der Waals surface area contributed by atoms with Crippen LogP contribution >= 0.6 is 0 Å². The van der Waals surface area contributed by atoms with Crippen molar-refractivity contribution in [2.24, 2.45) is 16.0 Å². The van der Waals surface area contributed by atoms with Crippen molar-refractivity contribution in [1.82, 2.24) is 4.90 Å². The predicted molar refractivity (Wildman–Crippen MR) is 75.8 cm³/mol. The van der Waals surface area contributed by atoms with E-state index in [-0.39, 0.29) is 5.91 Å². The molecule has 5 nitrogen and oxygen atoms in total. The van der Waals surface area contributed by atoms with E-state index >= 15 is 0 Å². The Labute approximate surface area is 115 Å². The van der Waals surface area contributed by atoms with Gasteiger partial charge in [-0.2, -0.15) is 0 Å². The first kappa shape index (κ1) is 15.9. The zero-order valence-corrected chi connectivity index (χ0v) is 12.9. The molecule has 0 radical (unpaired) electrons. The molecule has 0 saturated heterocycles. The molecule has 0 bridgehead atoms. The zero-order valence-electron chi connectivity index (χ0n) is 12.0. The quantitative estimate of drug-likeness (QED) is 0.818. The van der Waals surface area contributed by atoms with Gasteiger partial charge >= 0.3 is 0 Å². The zero-order chi connectivity index (χ0) is 15.1. The summed E-state index contributed by atoms with van der Waals surface area (Å²) in [6.45, 7) is 5.53. The van der Waals surface area contributed by atoms with E-state index in [1.807, 2.05) is 20.8 Å². The molecule has 1 rings (SSSR count). The van der Waals surface area contributed by atoms with Crippen molar-refractivity contribution in [3.05, 3.63) is 24.3 Å². The fourth-order valence-corrected chi connectivity index (χ4v) is 3.91. The van der Waals surface area contributed by atoms with Gasteiger partial charge in [-0.15, -0.1) is 0 Å². The lowest BCUT2D eigenvalue weighted by atomic mass is 9.62. The predicted octanol–water partition coefficient (Wildman–Crippen LogP) is 0.890. The molecule has 0 aromatic carbocycles. The lowest BCUT2D eigenvalue weighted by molar-refractivity contribution is -0.141. The molecule has 0 aromatic heterocycles. The van der Waals surface area contributed by atoms with E-state index in [9.17, 15) is 13.2 Å². The molecule has 0 heterocycles. The fraction of sp³-hybridized carbons (Fsp3) is 0.615. The van der Waals surface area contributed by atoms with Crippen molar-refractivity contribution in [3.8, 4) is 0 Å². The molecule has 2 atom stereocenters. The van der Waals surface area contributed by atoms with Crippen LogP contribution in [0.2, 0.25) is 0 Å². The number of allylic oxidation sites excluding steroid dienone is 2. The maximum absolute atomic E-state index is 12.6. The van der Waals surface area contributed by atoms with Crippen LogP contribution in [0.15, 0.2) is 24.3 Å². The van der Waals surface area contributed by atoms with Crippen LogP contribution in [0.1, 0.15) is 20.8 Å². The highest BCUT2D eigenvalue weighted by Gasteiger charge is 2.56. The van der Waals surface area contributed by atoms with Crippen LogP contribution < -0.4 is 5.14 Å². The van der Waals surface area contributed by atoms with Gasteiger partial charge < -0.3 is 4.90 Å². The Morgan fingerprint density at radius 2 is 1.79 bits per heavy atom. The third kappa shape index (κ3) is 2.60. The van der Waals surface area contributed by atoms with Gasteiger partial charge in [-0.25, -0.2) is 13.6 Å². The topological polar surface area (TPSA) is 80.5 Å². The van der Waals surface area contributed by atoms with Crippen molar-refractivity contribution in [3.63, 3.8) is 0 Å². The van der Waals surface area contributed by atoms with Crippen LogP contribution in [0, 0.1) is 10.8 Å². The van der Waals surface area contributed by atoms with E-state index in [0.29, 0.717) is 0 Å². The molecular weight excluding hydrogens is 264 g/mol.